The van der Waals surface area contributed by atoms with Gasteiger partial charge in [-0.25, -0.2) is 0 Å². The minimum Gasteiger partial charge on any atom is -0.373 e. The number of benzene rings is 1. The molecule has 98 valence electrons. The molecule has 0 saturated heterocycles. The highest BCUT2D eigenvalue weighted by Crippen LogP contribution is 2.43. The molecule has 0 amide bonds. The van der Waals surface area contributed by atoms with Crippen molar-refractivity contribution >= 4 is 5.57 Å². The highest BCUT2D eigenvalue weighted by molar-refractivity contribution is 5.71. The van der Waals surface area contributed by atoms with Gasteiger partial charge in [0, 0.05) is 11.8 Å². The van der Waals surface area contributed by atoms with Crippen molar-refractivity contribution in [3.8, 4) is 0 Å². The quantitative estimate of drug-likeness (QED) is 0.680. The van der Waals surface area contributed by atoms with Crippen LogP contribution in [-0.4, -0.2) is 12.7 Å². The van der Waals surface area contributed by atoms with Gasteiger partial charge < -0.3 is 4.74 Å². The lowest BCUT2D eigenvalue weighted by Crippen LogP contribution is -2.28. The van der Waals surface area contributed by atoms with Crippen molar-refractivity contribution in [1.82, 2.24) is 0 Å². The lowest BCUT2D eigenvalue weighted by Gasteiger charge is -2.31. The van der Waals surface area contributed by atoms with Gasteiger partial charge >= 0.3 is 0 Å². The Labute approximate surface area is 115 Å². The number of fused-ring (bicyclic) bond motifs is 1. The lowest BCUT2D eigenvalue weighted by atomic mass is 9.81. The van der Waals surface area contributed by atoms with Gasteiger partial charge in [-0.1, -0.05) is 54.5 Å². The maximum atomic E-state index is 6.09. The van der Waals surface area contributed by atoms with E-state index in [0.717, 1.165) is 6.61 Å². The van der Waals surface area contributed by atoms with E-state index in [1.54, 1.807) is 5.57 Å². The van der Waals surface area contributed by atoms with Crippen LogP contribution in [-0.2, 0) is 4.74 Å². The average molecular weight is 252 g/mol. The Bertz CT molecular complexity index is 526. The van der Waals surface area contributed by atoms with Gasteiger partial charge in [0.2, 0.25) is 0 Å². The largest absolute Gasteiger partial charge is 0.373 e. The summed E-state index contributed by atoms with van der Waals surface area (Å²) in [6.45, 7) is 0.866. The maximum absolute atomic E-state index is 6.09. The van der Waals surface area contributed by atoms with E-state index in [4.69, 9.17) is 4.74 Å². The molecule has 2 heterocycles. The second-order valence-corrected chi connectivity index (χ2v) is 5.99. The molecule has 2 bridgehead atoms. The molecule has 1 saturated carbocycles. The summed E-state index contributed by atoms with van der Waals surface area (Å²) < 4.78 is 6.09. The van der Waals surface area contributed by atoms with Gasteiger partial charge in [0.05, 0.1) is 12.7 Å². The maximum Gasteiger partial charge on any atom is 0.0827 e. The van der Waals surface area contributed by atoms with Crippen molar-refractivity contribution in [3.05, 3.63) is 53.6 Å². The number of rotatable bonds is 1. The van der Waals surface area contributed by atoms with Crippen LogP contribution in [0.3, 0.4) is 0 Å². The Hall–Kier alpha value is -1.34. The van der Waals surface area contributed by atoms with Gasteiger partial charge in [-0.05, 0) is 30.4 Å². The molecule has 3 atom stereocenters. The van der Waals surface area contributed by atoms with Crippen molar-refractivity contribution in [2.75, 3.05) is 6.61 Å². The zero-order chi connectivity index (χ0) is 12.7. The molecule has 1 nitrogen and oxygen atoms in total. The SMILES string of the molecule is C1=C(c2ccccc2)C2C=C3CCCC[C@@H]3C1OC2. The fourth-order valence-corrected chi connectivity index (χ4v) is 3.87. The average Bonchev–Trinajstić information content (AvgIpc) is 2.76. The standard InChI is InChI=1S/C18H20O/c1-2-6-13(7-3-1)17-11-18-16-9-5-4-8-14(16)10-15(17)12-19-18/h1-3,6-7,10-11,15-16,18H,4-5,8-9,12H2/t15?,16-,18?/m0/s1. The van der Waals surface area contributed by atoms with Crippen LogP contribution in [0.5, 0.6) is 0 Å². The summed E-state index contributed by atoms with van der Waals surface area (Å²) in [6.07, 6.45) is 10.6. The predicted octanol–water partition coefficient (Wildman–Crippen LogP) is 4.22. The van der Waals surface area contributed by atoms with Crippen molar-refractivity contribution in [2.24, 2.45) is 11.8 Å². The van der Waals surface area contributed by atoms with Crippen LogP contribution < -0.4 is 0 Å². The summed E-state index contributed by atoms with van der Waals surface area (Å²) in [4.78, 5) is 0. The molecule has 2 unspecified atom stereocenters. The second kappa shape index (κ2) is 4.64. The van der Waals surface area contributed by atoms with E-state index >= 15 is 0 Å². The Kier molecular flexibility index (Phi) is 2.81. The fourth-order valence-electron chi connectivity index (χ4n) is 3.87. The Balaban J connectivity index is 1.76. The first-order valence-electron chi connectivity index (χ1n) is 7.51. The zero-order valence-corrected chi connectivity index (χ0v) is 11.2. The van der Waals surface area contributed by atoms with Gasteiger partial charge in [0.15, 0.2) is 0 Å². The number of hydrogen-bond acceptors (Lipinski definition) is 1. The first-order chi connectivity index (χ1) is 9.42. The van der Waals surface area contributed by atoms with Crippen LogP contribution in [0.15, 0.2) is 48.1 Å². The predicted molar refractivity (Wildman–Crippen MR) is 77.7 cm³/mol. The summed E-state index contributed by atoms with van der Waals surface area (Å²) in [5, 5.41) is 0. The summed E-state index contributed by atoms with van der Waals surface area (Å²) >= 11 is 0. The third-order valence-corrected chi connectivity index (χ3v) is 4.84. The summed E-state index contributed by atoms with van der Waals surface area (Å²) in [7, 11) is 0. The summed E-state index contributed by atoms with van der Waals surface area (Å²) in [5.74, 6) is 1.12. The van der Waals surface area contributed by atoms with Crippen molar-refractivity contribution in [3.63, 3.8) is 0 Å². The molecule has 1 heteroatoms. The van der Waals surface area contributed by atoms with Crippen LogP contribution in [0.25, 0.3) is 5.57 Å². The van der Waals surface area contributed by atoms with Gasteiger partial charge in [0.1, 0.15) is 0 Å². The fraction of sp³-hybridized carbons (Fsp3) is 0.444. The van der Waals surface area contributed by atoms with E-state index in [1.165, 1.54) is 36.8 Å². The van der Waals surface area contributed by atoms with Crippen LogP contribution in [0.4, 0.5) is 0 Å². The Morgan fingerprint density at radius 2 is 1.89 bits per heavy atom. The molecular weight excluding hydrogens is 232 g/mol. The van der Waals surface area contributed by atoms with E-state index in [1.807, 2.05) is 0 Å². The molecule has 4 aliphatic rings. The van der Waals surface area contributed by atoms with Gasteiger partial charge in [-0.15, -0.1) is 0 Å². The first-order valence-corrected chi connectivity index (χ1v) is 7.51. The topological polar surface area (TPSA) is 9.23 Å². The normalized spacial score (nSPS) is 33.2. The van der Waals surface area contributed by atoms with E-state index < -0.39 is 0 Å². The molecule has 5 rings (SSSR count). The third kappa shape index (κ3) is 1.97. The molecule has 0 aromatic heterocycles. The molecule has 0 N–H and O–H groups in total. The van der Waals surface area contributed by atoms with Gasteiger partial charge in [0.25, 0.3) is 0 Å². The van der Waals surface area contributed by atoms with Crippen LogP contribution >= 0.6 is 0 Å². The van der Waals surface area contributed by atoms with E-state index in [9.17, 15) is 0 Å². The van der Waals surface area contributed by atoms with Crippen LogP contribution in [0, 0.1) is 11.8 Å². The summed E-state index contributed by atoms with van der Waals surface area (Å²) in [6, 6.07) is 10.8. The lowest BCUT2D eigenvalue weighted by molar-refractivity contribution is 0.0415. The van der Waals surface area contributed by atoms with Crippen molar-refractivity contribution < 1.29 is 4.74 Å². The molecule has 0 spiro atoms. The van der Waals surface area contributed by atoms with E-state index in [0.29, 0.717) is 17.9 Å². The molecular formula is C18H20O. The minimum atomic E-state index is 0.320. The monoisotopic (exact) mass is 252 g/mol. The smallest absolute Gasteiger partial charge is 0.0827 e. The molecule has 19 heavy (non-hydrogen) atoms. The molecule has 1 aromatic rings. The second-order valence-electron chi connectivity index (χ2n) is 5.99. The minimum absolute atomic E-state index is 0.320. The highest BCUT2D eigenvalue weighted by Gasteiger charge is 2.35. The zero-order valence-electron chi connectivity index (χ0n) is 11.2. The van der Waals surface area contributed by atoms with Gasteiger partial charge in [-0.2, -0.15) is 0 Å². The highest BCUT2D eigenvalue weighted by atomic mass is 16.5. The Morgan fingerprint density at radius 1 is 1.00 bits per heavy atom. The first kappa shape index (κ1) is 11.5. The van der Waals surface area contributed by atoms with E-state index in [2.05, 4.69) is 42.5 Å². The van der Waals surface area contributed by atoms with Crippen molar-refractivity contribution in [1.29, 1.82) is 0 Å². The van der Waals surface area contributed by atoms with Crippen LogP contribution in [0.2, 0.25) is 0 Å². The number of hydrogen-bond donors (Lipinski definition) is 0. The van der Waals surface area contributed by atoms with Gasteiger partial charge in [-0.3, -0.25) is 0 Å². The third-order valence-electron chi connectivity index (χ3n) is 4.84. The number of ether oxygens (including phenoxy) is 1. The van der Waals surface area contributed by atoms with Crippen molar-refractivity contribution in [2.45, 2.75) is 31.8 Å². The molecule has 2 aliphatic heterocycles. The molecule has 2 aliphatic carbocycles. The molecule has 1 fully saturated rings. The summed E-state index contributed by atoms with van der Waals surface area (Å²) in [5.41, 5.74) is 4.52. The Morgan fingerprint density at radius 3 is 2.79 bits per heavy atom. The molecule has 0 radical (unpaired) electrons. The molecule has 1 aromatic carbocycles. The van der Waals surface area contributed by atoms with E-state index in [-0.39, 0.29) is 0 Å². The van der Waals surface area contributed by atoms with Crippen LogP contribution in [0.1, 0.15) is 31.2 Å².